The van der Waals surface area contributed by atoms with Crippen molar-refractivity contribution in [2.45, 2.75) is 66.7 Å². The number of aromatic nitrogens is 8. The molecule has 0 atom stereocenters. The first-order valence-electron chi connectivity index (χ1n) is 34.6. The highest BCUT2D eigenvalue weighted by molar-refractivity contribution is 6.05. The van der Waals surface area contributed by atoms with Crippen LogP contribution in [0.5, 0.6) is 11.5 Å². The molecule has 8 N–H and O–H groups in total. The lowest BCUT2D eigenvalue weighted by Crippen LogP contribution is -2.48. The number of carbonyl (C=O) groups is 6. The smallest absolute Gasteiger partial charge is 0.407 e. The fourth-order valence-electron chi connectivity index (χ4n) is 10.7. The number of anilines is 2. The number of carbonyl (C=O) groups excluding carboxylic acids is 5. The van der Waals surface area contributed by atoms with Gasteiger partial charge in [0.25, 0.3) is 11.8 Å². The maximum absolute atomic E-state index is 14.0. The molecule has 0 bridgehead atoms. The second-order valence-electron chi connectivity index (χ2n) is 23.3. The predicted molar refractivity (Wildman–Crippen MR) is 376 cm³/mol. The highest BCUT2D eigenvalue weighted by atomic mass is 16.6. The molecule has 5 amide bonds. The number of hydrogen-bond acceptors (Lipinski definition) is 25. The van der Waals surface area contributed by atoms with Crippen LogP contribution in [0.2, 0.25) is 0 Å². The third-order valence-corrected chi connectivity index (χ3v) is 15.8. The van der Waals surface area contributed by atoms with Crippen molar-refractivity contribution in [2.75, 3.05) is 209 Å². The standard InChI is InChI=1S/C68H101N15O20/c1-6-82-55(43-49(3)76-82)64(88)74-66-72-53-45-51(62(69)86)47-57(91-5)60(53)80(66)14-8-9-15-81-61-54(73-67(81)75-65(89)56-44-50(4)77-83(56)7-2)46-52(63(70)87)48-58(61)102-21-10-13-78-17-19-79(20-18-78)16-12-71-68(90)103-42-41-101-40-39-100-38-37-99-36-35-98-34-33-97-32-31-96-30-29-95-28-27-94-26-25-93-24-23-92-22-11-59(84)85/h8-9,43-48H,6-7,10-42H2,1-5H3,(H2,69,86)(H2,70,87)(H,71,90)(H,84,85)(H,72,74,88)(H,73,75,89)/b9-8+. The summed E-state index contributed by atoms with van der Waals surface area (Å²) in [5.74, 6) is -2.24. The molecule has 0 aliphatic carbocycles. The Hall–Kier alpha value is -8.72. The summed E-state index contributed by atoms with van der Waals surface area (Å²) >= 11 is 0. The fraction of sp³-hybridized carbons (Fsp3) is 0.588. The summed E-state index contributed by atoms with van der Waals surface area (Å²) in [5.41, 5.74) is 15.5. The van der Waals surface area contributed by atoms with Gasteiger partial charge in [0.05, 0.1) is 175 Å². The van der Waals surface area contributed by atoms with Gasteiger partial charge in [-0.05, 0) is 70.5 Å². The van der Waals surface area contributed by atoms with Crippen LogP contribution in [0.1, 0.15) is 79.8 Å². The van der Waals surface area contributed by atoms with E-state index in [4.69, 9.17) is 88.1 Å². The Bertz CT molecular complexity index is 3640. The lowest BCUT2D eigenvalue weighted by Gasteiger charge is -2.34. The summed E-state index contributed by atoms with van der Waals surface area (Å²) in [5, 5.41) is 26.2. The molecule has 35 heteroatoms. The van der Waals surface area contributed by atoms with E-state index in [2.05, 4.69) is 35.9 Å². The molecule has 1 saturated heterocycles. The maximum Gasteiger partial charge on any atom is 0.407 e. The van der Waals surface area contributed by atoms with Crippen LogP contribution in [0.3, 0.4) is 0 Å². The number of fused-ring (bicyclic) bond motifs is 2. The molecule has 35 nitrogen and oxygen atoms in total. The highest BCUT2D eigenvalue weighted by Gasteiger charge is 2.25. The maximum atomic E-state index is 14.0. The summed E-state index contributed by atoms with van der Waals surface area (Å²) in [6.45, 7) is 21.8. The molecule has 0 unspecified atom stereocenters. The van der Waals surface area contributed by atoms with Gasteiger partial charge in [-0.1, -0.05) is 12.2 Å². The number of methoxy groups -OCH3 is 1. The normalized spacial score (nSPS) is 12.8. The van der Waals surface area contributed by atoms with Crippen molar-refractivity contribution in [1.29, 1.82) is 0 Å². The van der Waals surface area contributed by atoms with Crippen molar-refractivity contribution in [3.05, 3.63) is 82.5 Å². The Morgan fingerprint density at radius 1 is 0.505 bits per heavy atom. The molecule has 7 rings (SSSR count). The van der Waals surface area contributed by atoms with Crippen LogP contribution in [0.25, 0.3) is 22.1 Å². The number of benzene rings is 2. The van der Waals surface area contributed by atoms with E-state index in [-0.39, 0.29) is 69.0 Å². The van der Waals surface area contributed by atoms with Crippen LogP contribution in [0, 0.1) is 13.8 Å². The second kappa shape index (κ2) is 45.4. The fourth-order valence-corrected chi connectivity index (χ4v) is 10.7. The van der Waals surface area contributed by atoms with Gasteiger partial charge in [0.2, 0.25) is 23.7 Å². The Morgan fingerprint density at radius 3 is 1.27 bits per heavy atom. The number of alkyl carbamates (subject to hydrolysis) is 1. The molecule has 103 heavy (non-hydrogen) atoms. The molecule has 0 spiro atoms. The van der Waals surface area contributed by atoms with Crippen molar-refractivity contribution < 1.29 is 95.5 Å². The number of nitrogens with one attached hydrogen (secondary N) is 3. The number of hydrogen-bond donors (Lipinski definition) is 6. The van der Waals surface area contributed by atoms with Gasteiger partial charge in [-0.3, -0.25) is 48.9 Å². The molecule has 1 aliphatic heterocycles. The number of allylic oxidation sites excluding steroid dienone is 2. The van der Waals surface area contributed by atoms with Gasteiger partial charge < -0.3 is 97.5 Å². The first-order chi connectivity index (χ1) is 50.1. The van der Waals surface area contributed by atoms with Gasteiger partial charge >= 0.3 is 12.1 Å². The van der Waals surface area contributed by atoms with E-state index < -0.39 is 35.7 Å². The minimum absolute atomic E-state index is 0.0228. The predicted octanol–water partition coefficient (Wildman–Crippen LogP) is 3.16. The Labute approximate surface area is 597 Å². The zero-order valence-electron chi connectivity index (χ0n) is 59.7. The van der Waals surface area contributed by atoms with Gasteiger partial charge in [-0.2, -0.15) is 10.2 Å². The lowest BCUT2D eigenvalue weighted by atomic mass is 10.1. The first kappa shape index (κ1) is 81.6. The van der Waals surface area contributed by atoms with Gasteiger partial charge in [0.1, 0.15) is 40.5 Å². The van der Waals surface area contributed by atoms with E-state index in [1.807, 2.05) is 26.0 Å². The van der Waals surface area contributed by atoms with E-state index in [0.29, 0.717) is 208 Å². The molecule has 0 radical (unpaired) electrons. The summed E-state index contributed by atoms with van der Waals surface area (Å²) in [6, 6.07) is 9.54. The number of piperazine rings is 1. The SMILES string of the molecule is CCn1nc(C)cc1C(=O)Nc1nc2cc(C(N)=O)cc(OC)c2n1C/C=C/Cn1c(NC(=O)c2cc(C)nn2CC)nc2cc(C(N)=O)cc(OCCCN3CCN(CCNC(=O)OCCOCCOCCOCCOCCOCCOCCOCCOCCOCCOCCC(=O)O)CC3)c21. The zero-order valence-corrected chi connectivity index (χ0v) is 59.7. The van der Waals surface area contributed by atoms with E-state index >= 15 is 0 Å². The number of carboxylic acid groups (broad SMARTS) is 1. The second-order valence-corrected chi connectivity index (χ2v) is 23.3. The summed E-state index contributed by atoms with van der Waals surface area (Å²) in [6.07, 6.45) is 3.78. The van der Waals surface area contributed by atoms with Crippen LogP contribution >= 0.6 is 0 Å². The van der Waals surface area contributed by atoms with Crippen molar-refractivity contribution >= 4 is 69.7 Å². The monoisotopic (exact) mass is 1450 g/mol. The molecule has 2 aromatic carbocycles. The minimum atomic E-state index is -0.890. The van der Waals surface area contributed by atoms with Crippen LogP contribution in [0.15, 0.2) is 48.6 Å². The number of aliphatic carboxylic acids is 1. The zero-order chi connectivity index (χ0) is 73.6. The van der Waals surface area contributed by atoms with Gasteiger partial charge in [-0.15, -0.1) is 0 Å². The quantitative estimate of drug-likeness (QED) is 0.0236. The largest absolute Gasteiger partial charge is 0.494 e. The molecular weight excluding hydrogens is 1350 g/mol. The van der Waals surface area contributed by atoms with E-state index in [9.17, 15) is 28.8 Å². The van der Waals surface area contributed by atoms with Crippen LogP contribution in [-0.4, -0.2) is 288 Å². The molecule has 5 heterocycles. The highest BCUT2D eigenvalue weighted by Crippen LogP contribution is 2.33. The van der Waals surface area contributed by atoms with Crippen molar-refractivity contribution in [3.8, 4) is 11.5 Å². The molecule has 568 valence electrons. The number of aryl methyl sites for hydroxylation is 4. The average Bonchev–Trinajstić information content (AvgIpc) is 1.64. The minimum Gasteiger partial charge on any atom is -0.494 e. The number of carboxylic acids is 1. The third kappa shape index (κ3) is 27.8. The van der Waals surface area contributed by atoms with E-state index in [1.165, 1.54) is 19.2 Å². The van der Waals surface area contributed by atoms with E-state index in [0.717, 1.165) is 32.7 Å². The number of amides is 5. The number of nitrogens with zero attached hydrogens (tertiary/aromatic N) is 10. The third-order valence-electron chi connectivity index (χ3n) is 15.8. The van der Waals surface area contributed by atoms with Crippen molar-refractivity contribution in [2.24, 2.45) is 11.5 Å². The number of rotatable bonds is 54. The molecular formula is C68H101N15O20. The number of primary amides is 2. The van der Waals surface area contributed by atoms with Crippen LogP contribution in [0.4, 0.5) is 16.7 Å². The average molecular weight is 1450 g/mol. The molecule has 0 saturated carbocycles. The van der Waals surface area contributed by atoms with Gasteiger partial charge in [0, 0.05) is 83.1 Å². The number of ether oxygens (including phenoxy) is 13. The van der Waals surface area contributed by atoms with E-state index in [1.54, 1.807) is 56.6 Å². The van der Waals surface area contributed by atoms with Gasteiger partial charge in [0.15, 0.2) is 0 Å². The Morgan fingerprint density at radius 2 is 0.883 bits per heavy atom. The summed E-state index contributed by atoms with van der Waals surface area (Å²) in [4.78, 5) is 90.1. The van der Waals surface area contributed by atoms with Crippen LogP contribution in [-0.2, 0) is 83.1 Å². The van der Waals surface area contributed by atoms with Crippen LogP contribution < -0.4 is 36.9 Å². The molecule has 6 aromatic rings. The topological polar surface area (TPSA) is 409 Å². The summed E-state index contributed by atoms with van der Waals surface area (Å²) < 4.78 is 78.8. The first-order valence-corrected chi connectivity index (χ1v) is 34.6. The molecule has 1 aliphatic rings. The molecule has 1 fully saturated rings. The lowest BCUT2D eigenvalue weighted by molar-refractivity contribution is -0.138. The van der Waals surface area contributed by atoms with Gasteiger partial charge in [-0.25, -0.2) is 14.8 Å². The summed E-state index contributed by atoms with van der Waals surface area (Å²) in [7, 11) is 1.46. The van der Waals surface area contributed by atoms with Crippen molar-refractivity contribution in [3.63, 3.8) is 0 Å². The van der Waals surface area contributed by atoms with Crippen molar-refractivity contribution in [1.82, 2.24) is 53.8 Å². The number of imidazole rings is 2. The Balaban J connectivity index is 0.760. The molecule has 4 aromatic heterocycles. The Kier molecular flexibility index (Phi) is 36.0. The number of nitrogens with two attached hydrogens (primary N) is 2.